The first-order chi connectivity index (χ1) is 8.74. The van der Waals surface area contributed by atoms with Crippen molar-refractivity contribution in [3.05, 3.63) is 48.2 Å². The molecular formula is C15H24N2O. The summed E-state index contributed by atoms with van der Waals surface area (Å²) in [5.41, 5.74) is 7.45. The zero-order valence-corrected chi connectivity index (χ0v) is 11.4. The van der Waals surface area contributed by atoms with Crippen LogP contribution in [0.1, 0.15) is 26.7 Å². The van der Waals surface area contributed by atoms with Crippen LogP contribution in [0.5, 0.6) is 0 Å². The summed E-state index contributed by atoms with van der Waals surface area (Å²) in [6.07, 6.45) is 12.8. The molecule has 0 rings (SSSR count). The lowest BCUT2D eigenvalue weighted by Crippen LogP contribution is -1.99. The van der Waals surface area contributed by atoms with Gasteiger partial charge in [0.2, 0.25) is 0 Å². The van der Waals surface area contributed by atoms with Crippen molar-refractivity contribution in [2.45, 2.75) is 26.7 Å². The summed E-state index contributed by atoms with van der Waals surface area (Å²) in [5.74, 6) is 0. The second-order valence-corrected chi connectivity index (χ2v) is 3.90. The Balaban J connectivity index is 3.76. The van der Waals surface area contributed by atoms with Gasteiger partial charge in [-0.1, -0.05) is 36.5 Å². The van der Waals surface area contributed by atoms with Crippen LogP contribution in [0.3, 0.4) is 0 Å². The molecule has 0 aliphatic carbocycles. The van der Waals surface area contributed by atoms with Gasteiger partial charge < -0.3 is 10.5 Å². The second-order valence-electron chi connectivity index (χ2n) is 3.90. The number of rotatable bonds is 9. The Morgan fingerprint density at radius 3 is 2.83 bits per heavy atom. The fourth-order valence-corrected chi connectivity index (χ4v) is 1.27. The van der Waals surface area contributed by atoms with Gasteiger partial charge in [-0.15, -0.1) is 0 Å². The molecule has 3 nitrogen and oxygen atoms in total. The molecule has 0 saturated carbocycles. The Bertz CT molecular complexity index is 338. The largest absolute Gasteiger partial charge is 0.390 e. The summed E-state index contributed by atoms with van der Waals surface area (Å²) in [7, 11) is 0. The highest BCUT2D eigenvalue weighted by molar-refractivity contribution is 5.52. The van der Waals surface area contributed by atoms with Gasteiger partial charge in [0.15, 0.2) is 0 Å². The molecule has 0 bridgehead atoms. The van der Waals surface area contributed by atoms with Crippen molar-refractivity contribution in [3.8, 4) is 0 Å². The number of hydrogen-bond acceptors (Lipinski definition) is 2. The van der Waals surface area contributed by atoms with Gasteiger partial charge in [0.1, 0.15) is 0 Å². The topological polar surface area (TPSA) is 47.6 Å². The molecule has 2 N–H and O–H groups in total. The molecule has 0 unspecified atom stereocenters. The van der Waals surface area contributed by atoms with Crippen molar-refractivity contribution >= 4 is 6.34 Å². The van der Waals surface area contributed by atoms with Gasteiger partial charge in [-0.25, -0.2) is 4.99 Å². The summed E-state index contributed by atoms with van der Waals surface area (Å²) in [6, 6.07) is 0. The van der Waals surface area contributed by atoms with Crippen molar-refractivity contribution in [1.82, 2.24) is 0 Å². The zero-order chi connectivity index (χ0) is 13.6. The maximum absolute atomic E-state index is 5.57. The van der Waals surface area contributed by atoms with Crippen molar-refractivity contribution < 1.29 is 4.74 Å². The van der Waals surface area contributed by atoms with Gasteiger partial charge in [0, 0.05) is 12.8 Å². The van der Waals surface area contributed by atoms with E-state index in [1.807, 2.05) is 38.2 Å². The van der Waals surface area contributed by atoms with E-state index >= 15 is 0 Å². The van der Waals surface area contributed by atoms with Crippen LogP contribution in [0.2, 0.25) is 0 Å². The SMILES string of the molecule is C=C/C(=C\C=C/C)COCCC/C(C)=C/N=CN. The number of nitrogens with zero attached hydrogens (tertiary/aromatic N) is 1. The Morgan fingerprint density at radius 2 is 2.22 bits per heavy atom. The second kappa shape index (κ2) is 11.9. The van der Waals surface area contributed by atoms with E-state index in [0.29, 0.717) is 6.61 Å². The third-order valence-electron chi connectivity index (χ3n) is 2.27. The predicted molar refractivity (Wildman–Crippen MR) is 79.6 cm³/mol. The van der Waals surface area contributed by atoms with Crippen molar-refractivity contribution in [2.75, 3.05) is 13.2 Å². The van der Waals surface area contributed by atoms with E-state index in [1.165, 1.54) is 11.9 Å². The standard InChI is InChI=1S/C15H24N2O/c1-4-6-9-15(5-2)12-18-10-7-8-14(3)11-17-13-16/h4-6,9,11,13H,2,7-8,10,12H2,1,3H3,(H2,16,17)/b6-4-,14-11+,15-9+. The summed E-state index contributed by atoms with van der Waals surface area (Å²) in [6.45, 7) is 9.12. The first-order valence-corrected chi connectivity index (χ1v) is 6.15. The van der Waals surface area contributed by atoms with E-state index < -0.39 is 0 Å². The van der Waals surface area contributed by atoms with Crippen LogP contribution in [-0.4, -0.2) is 19.6 Å². The quantitative estimate of drug-likeness (QED) is 0.294. The smallest absolute Gasteiger partial charge is 0.0852 e. The van der Waals surface area contributed by atoms with E-state index in [4.69, 9.17) is 10.5 Å². The highest BCUT2D eigenvalue weighted by Gasteiger charge is 1.93. The Morgan fingerprint density at radius 1 is 1.44 bits per heavy atom. The van der Waals surface area contributed by atoms with E-state index in [0.717, 1.165) is 25.0 Å². The van der Waals surface area contributed by atoms with Gasteiger partial charge >= 0.3 is 0 Å². The highest BCUT2D eigenvalue weighted by Crippen LogP contribution is 2.05. The number of ether oxygens (including phenoxy) is 1. The molecule has 0 aromatic carbocycles. The molecule has 0 heterocycles. The fraction of sp³-hybridized carbons (Fsp3) is 0.400. The van der Waals surface area contributed by atoms with Gasteiger partial charge in [-0.2, -0.15) is 0 Å². The van der Waals surface area contributed by atoms with E-state index in [1.54, 1.807) is 6.20 Å². The maximum atomic E-state index is 5.57. The van der Waals surface area contributed by atoms with Crippen LogP contribution in [0.25, 0.3) is 0 Å². The van der Waals surface area contributed by atoms with Crippen molar-refractivity contribution in [2.24, 2.45) is 10.7 Å². The third-order valence-corrected chi connectivity index (χ3v) is 2.27. The fourth-order valence-electron chi connectivity index (χ4n) is 1.27. The average Bonchev–Trinajstić information content (AvgIpc) is 2.39. The highest BCUT2D eigenvalue weighted by atomic mass is 16.5. The minimum absolute atomic E-state index is 0.609. The first-order valence-electron chi connectivity index (χ1n) is 6.15. The molecule has 18 heavy (non-hydrogen) atoms. The Hall–Kier alpha value is -1.61. The molecule has 0 fully saturated rings. The van der Waals surface area contributed by atoms with Crippen LogP contribution < -0.4 is 5.73 Å². The van der Waals surface area contributed by atoms with Crippen LogP contribution >= 0.6 is 0 Å². The number of aliphatic imine (C=N–C) groups is 1. The number of hydrogen-bond donors (Lipinski definition) is 1. The minimum atomic E-state index is 0.609. The summed E-state index contributed by atoms with van der Waals surface area (Å²) in [4.78, 5) is 3.87. The monoisotopic (exact) mass is 248 g/mol. The molecule has 0 aliphatic rings. The van der Waals surface area contributed by atoms with Crippen LogP contribution in [0, 0.1) is 0 Å². The molecule has 0 aromatic rings. The molecular weight excluding hydrogens is 224 g/mol. The Kier molecular flexibility index (Phi) is 10.8. The molecule has 0 spiro atoms. The minimum Gasteiger partial charge on any atom is -0.390 e. The Labute approximate surface area is 110 Å². The van der Waals surface area contributed by atoms with E-state index in [9.17, 15) is 0 Å². The van der Waals surface area contributed by atoms with Crippen LogP contribution in [0.4, 0.5) is 0 Å². The summed E-state index contributed by atoms with van der Waals surface area (Å²) >= 11 is 0. The molecule has 3 heteroatoms. The molecule has 100 valence electrons. The molecule has 0 amide bonds. The summed E-state index contributed by atoms with van der Waals surface area (Å²) in [5, 5.41) is 0. The van der Waals surface area contributed by atoms with Crippen LogP contribution in [0.15, 0.2) is 53.2 Å². The summed E-state index contributed by atoms with van der Waals surface area (Å²) < 4.78 is 5.57. The number of allylic oxidation sites excluding steroid dienone is 4. The number of nitrogens with two attached hydrogens (primary N) is 1. The van der Waals surface area contributed by atoms with E-state index in [-0.39, 0.29) is 0 Å². The van der Waals surface area contributed by atoms with Gasteiger partial charge in [-0.3, -0.25) is 0 Å². The molecule has 0 aliphatic heterocycles. The first kappa shape index (κ1) is 16.4. The van der Waals surface area contributed by atoms with Crippen molar-refractivity contribution in [3.63, 3.8) is 0 Å². The normalized spacial score (nSPS) is 13.7. The third kappa shape index (κ3) is 9.60. The van der Waals surface area contributed by atoms with Gasteiger partial charge in [0.25, 0.3) is 0 Å². The molecule has 0 saturated heterocycles. The molecule has 0 aromatic heterocycles. The lowest BCUT2D eigenvalue weighted by atomic mass is 10.2. The van der Waals surface area contributed by atoms with Crippen molar-refractivity contribution in [1.29, 1.82) is 0 Å². The molecule has 0 atom stereocenters. The lowest BCUT2D eigenvalue weighted by molar-refractivity contribution is 0.155. The van der Waals surface area contributed by atoms with Gasteiger partial charge in [-0.05, 0) is 32.3 Å². The van der Waals surface area contributed by atoms with E-state index in [2.05, 4.69) is 11.6 Å². The van der Waals surface area contributed by atoms with Crippen LogP contribution in [-0.2, 0) is 4.74 Å². The zero-order valence-electron chi connectivity index (χ0n) is 11.4. The lowest BCUT2D eigenvalue weighted by Gasteiger charge is -2.04. The molecule has 0 radical (unpaired) electrons. The average molecular weight is 248 g/mol. The predicted octanol–water partition coefficient (Wildman–Crippen LogP) is 3.36. The van der Waals surface area contributed by atoms with Gasteiger partial charge in [0.05, 0.1) is 12.9 Å². The maximum Gasteiger partial charge on any atom is 0.0852 e.